The molecule has 3 N–H and O–H groups in total. The topological polar surface area (TPSA) is 79.0 Å². The predicted octanol–water partition coefficient (Wildman–Crippen LogP) is 3.31. The first-order valence-corrected chi connectivity index (χ1v) is 10.3. The number of nitrogens with one attached hydrogen (secondary N) is 1. The number of aliphatic imine (C=N–C) groups is 1. The summed E-state index contributed by atoms with van der Waals surface area (Å²) in [6.45, 7) is 9.11. The lowest BCUT2D eigenvalue weighted by Gasteiger charge is -2.26. The fraction of sp³-hybridized carbons (Fsp3) is 0.333. The fourth-order valence-electron chi connectivity index (χ4n) is 2.86. The van der Waals surface area contributed by atoms with Gasteiger partial charge in [0, 0.05) is 44.8 Å². The summed E-state index contributed by atoms with van der Waals surface area (Å²) in [6, 6.07) is 8.06. The van der Waals surface area contributed by atoms with Crippen LogP contribution in [0, 0.1) is 6.92 Å². The van der Waals surface area contributed by atoms with Gasteiger partial charge in [-0.15, -0.1) is 0 Å². The van der Waals surface area contributed by atoms with Crippen LogP contribution in [0.3, 0.4) is 0 Å². The minimum Gasteiger partial charge on any atom is -0.397 e. The van der Waals surface area contributed by atoms with Crippen LogP contribution in [-0.4, -0.2) is 51.6 Å². The van der Waals surface area contributed by atoms with E-state index in [-0.39, 0.29) is 0 Å². The summed E-state index contributed by atoms with van der Waals surface area (Å²) in [4.78, 5) is 14.2. The first kappa shape index (κ1) is 20.9. The molecule has 0 spiro atoms. The smallest absolute Gasteiger partial charge is 0.186 e. The molecular weight excluding hydrogens is 384 g/mol. The number of hydrogen-bond acceptors (Lipinski definition) is 8. The van der Waals surface area contributed by atoms with Gasteiger partial charge >= 0.3 is 0 Å². The summed E-state index contributed by atoms with van der Waals surface area (Å²) < 4.78 is 5.41. The van der Waals surface area contributed by atoms with Crippen LogP contribution in [-0.2, 0) is 4.74 Å². The Morgan fingerprint density at radius 3 is 2.66 bits per heavy atom. The number of rotatable bonds is 7. The van der Waals surface area contributed by atoms with Gasteiger partial charge in [-0.2, -0.15) is 0 Å². The number of benzene rings is 1. The molecule has 2 heterocycles. The first-order chi connectivity index (χ1) is 13.9. The number of aryl methyl sites for hydroxylation is 1. The van der Waals surface area contributed by atoms with Gasteiger partial charge in [-0.25, -0.2) is 9.98 Å². The molecule has 1 fully saturated rings. The molecule has 0 unspecified atom stereocenters. The highest BCUT2D eigenvalue weighted by molar-refractivity contribution is 7.16. The van der Waals surface area contributed by atoms with Gasteiger partial charge in [-0.3, -0.25) is 0 Å². The number of morpholine rings is 1. The number of thiazole rings is 1. The Balaban J connectivity index is 1.60. The van der Waals surface area contributed by atoms with Crippen molar-refractivity contribution in [2.24, 2.45) is 10.7 Å². The molecule has 8 heteroatoms. The Labute approximate surface area is 176 Å². The molecule has 0 radical (unpaired) electrons. The first-order valence-electron chi connectivity index (χ1n) is 9.47. The second kappa shape index (κ2) is 9.58. The van der Waals surface area contributed by atoms with Crippen molar-refractivity contribution in [3.63, 3.8) is 0 Å². The van der Waals surface area contributed by atoms with Crippen molar-refractivity contribution in [1.82, 2.24) is 4.98 Å². The van der Waals surface area contributed by atoms with Crippen molar-refractivity contribution in [2.45, 2.75) is 6.92 Å². The molecule has 0 bridgehead atoms. The largest absolute Gasteiger partial charge is 0.397 e. The molecule has 1 aromatic carbocycles. The van der Waals surface area contributed by atoms with Crippen LogP contribution in [0.2, 0.25) is 0 Å². The number of nitrogens with zero attached hydrogens (tertiary/aromatic N) is 4. The van der Waals surface area contributed by atoms with Gasteiger partial charge in [0.25, 0.3) is 0 Å². The van der Waals surface area contributed by atoms with Gasteiger partial charge in [-0.1, -0.05) is 17.9 Å². The van der Waals surface area contributed by atoms with E-state index in [1.54, 1.807) is 23.6 Å². The van der Waals surface area contributed by atoms with Crippen molar-refractivity contribution in [2.75, 3.05) is 55.5 Å². The number of ether oxygens (including phenoxy) is 1. The Kier molecular flexibility index (Phi) is 6.90. The maximum absolute atomic E-state index is 6.26. The molecule has 29 heavy (non-hydrogen) atoms. The van der Waals surface area contributed by atoms with Crippen molar-refractivity contribution < 1.29 is 4.74 Å². The summed E-state index contributed by atoms with van der Waals surface area (Å²) >= 11 is 1.60. The number of hydrogen-bond donors (Lipinski definition) is 2. The van der Waals surface area contributed by atoms with Crippen LogP contribution < -0.4 is 20.9 Å². The van der Waals surface area contributed by atoms with E-state index in [9.17, 15) is 0 Å². The SMILES string of the molecule is C=C(N=C/C=C(\N)c1sc(N2CCOCC2)nc1C)Nc1ccc(N(C)C)cc1. The summed E-state index contributed by atoms with van der Waals surface area (Å²) in [5, 5.41) is 4.16. The lowest BCUT2D eigenvalue weighted by atomic mass is 10.2. The van der Waals surface area contributed by atoms with Gasteiger partial charge in [0.05, 0.1) is 29.5 Å². The van der Waals surface area contributed by atoms with Gasteiger partial charge in [0.1, 0.15) is 5.82 Å². The summed E-state index contributed by atoms with van der Waals surface area (Å²) in [7, 11) is 4.02. The van der Waals surface area contributed by atoms with E-state index >= 15 is 0 Å². The number of allylic oxidation sites excluding steroid dienone is 1. The third-order valence-electron chi connectivity index (χ3n) is 4.49. The molecule has 0 atom stereocenters. The average Bonchev–Trinajstić information content (AvgIpc) is 3.11. The van der Waals surface area contributed by atoms with Gasteiger partial charge in [0.2, 0.25) is 0 Å². The quantitative estimate of drug-likeness (QED) is 0.680. The molecule has 154 valence electrons. The molecule has 0 saturated carbocycles. The number of anilines is 3. The van der Waals surface area contributed by atoms with Crippen LogP contribution >= 0.6 is 11.3 Å². The van der Waals surface area contributed by atoms with E-state index in [1.165, 1.54) is 0 Å². The van der Waals surface area contributed by atoms with Crippen LogP contribution in [0.15, 0.2) is 47.7 Å². The van der Waals surface area contributed by atoms with E-state index in [4.69, 9.17) is 10.5 Å². The number of nitrogens with two attached hydrogens (primary N) is 1. The zero-order chi connectivity index (χ0) is 20.8. The van der Waals surface area contributed by atoms with E-state index in [0.717, 1.165) is 53.4 Å². The average molecular weight is 413 g/mol. The molecule has 0 amide bonds. The van der Waals surface area contributed by atoms with E-state index in [2.05, 4.69) is 31.7 Å². The summed E-state index contributed by atoms with van der Waals surface area (Å²) in [6.07, 6.45) is 3.44. The maximum Gasteiger partial charge on any atom is 0.186 e. The van der Waals surface area contributed by atoms with E-state index < -0.39 is 0 Å². The highest BCUT2D eigenvalue weighted by Gasteiger charge is 2.17. The highest BCUT2D eigenvalue weighted by atomic mass is 32.1. The van der Waals surface area contributed by atoms with Crippen LogP contribution in [0.5, 0.6) is 0 Å². The van der Waals surface area contributed by atoms with Crippen molar-refractivity contribution >= 4 is 39.8 Å². The molecule has 1 aromatic heterocycles. The molecule has 2 aromatic rings. The number of aromatic nitrogens is 1. The maximum atomic E-state index is 6.26. The Hall–Kier alpha value is -2.84. The second-order valence-corrected chi connectivity index (χ2v) is 7.90. The third-order valence-corrected chi connectivity index (χ3v) is 5.75. The molecule has 1 aliphatic rings. The lowest BCUT2D eigenvalue weighted by molar-refractivity contribution is 0.122. The minimum atomic E-state index is 0.543. The molecule has 0 aliphatic carbocycles. The normalized spacial score (nSPS) is 15.0. The second-order valence-electron chi connectivity index (χ2n) is 6.92. The van der Waals surface area contributed by atoms with Crippen LogP contribution in [0.4, 0.5) is 16.5 Å². The lowest BCUT2D eigenvalue weighted by Crippen LogP contribution is -2.36. The molecule has 1 aliphatic heterocycles. The van der Waals surface area contributed by atoms with Gasteiger partial charge in [-0.05, 0) is 37.3 Å². The summed E-state index contributed by atoms with van der Waals surface area (Å²) in [5.74, 6) is 0.543. The zero-order valence-corrected chi connectivity index (χ0v) is 18.0. The van der Waals surface area contributed by atoms with Crippen LogP contribution in [0.25, 0.3) is 5.70 Å². The van der Waals surface area contributed by atoms with Crippen molar-refractivity contribution in [1.29, 1.82) is 0 Å². The van der Waals surface area contributed by atoms with Crippen molar-refractivity contribution in [3.05, 3.63) is 53.3 Å². The third kappa shape index (κ3) is 5.58. The molecule has 7 nitrogen and oxygen atoms in total. The Morgan fingerprint density at radius 1 is 1.31 bits per heavy atom. The van der Waals surface area contributed by atoms with E-state index in [0.29, 0.717) is 11.5 Å². The zero-order valence-electron chi connectivity index (χ0n) is 17.2. The highest BCUT2D eigenvalue weighted by Crippen LogP contribution is 2.29. The molecular formula is C21H28N6OS. The van der Waals surface area contributed by atoms with Gasteiger partial charge < -0.3 is 25.6 Å². The van der Waals surface area contributed by atoms with Crippen LogP contribution in [0.1, 0.15) is 10.6 Å². The Bertz CT molecular complexity index is 894. The monoisotopic (exact) mass is 412 g/mol. The fourth-order valence-corrected chi connectivity index (χ4v) is 3.92. The minimum absolute atomic E-state index is 0.543. The van der Waals surface area contributed by atoms with Crippen molar-refractivity contribution in [3.8, 4) is 0 Å². The predicted molar refractivity (Wildman–Crippen MR) is 124 cm³/mol. The van der Waals surface area contributed by atoms with E-state index in [1.807, 2.05) is 45.3 Å². The molecule has 3 rings (SSSR count). The van der Waals surface area contributed by atoms with Gasteiger partial charge in [0.15, 0.2) is 5.13 Å². The summed E-state index contributed by atoms with van der Waals surface area (Å²) in [5.41, 5.74) is 9.91. The molecule has 1 saturated heterocycles. The Morgan fingerprint density at radius 2 is 2.00 bits per heavy atom. The standard InChI is InChI=1S/C21H28N6OS/c1-15-20(29-21(24-15)27-11-13-28-14-12-27)19(22)9-10-23-16(2)25-17-5-7-18(8-6-17)26(3)4/h5-10,25H,2,11-14,22H2,1,3-4H3/b19-9-,23-10?.